The van der Waals surface area contributed by atoms with Crippen molar-refractivity contribution >= 4 is 33.3 Å². The lowest BCUT2D eigenvalue weighted by Crippen LogP contribution is -2.26. The van der Waals surface area contributed by atoms with E-state index >= 15 is 0 Å². The maximum Gasteiger partial charge on any atom is 0.223 e. The number of rotatable bonds is 6. The first kappa shape index (κ1) is 14.0. The number of nitrogens with two attached hydrogens (primary N) is 1. The molecule has 0 amide bonds. The third-order valence-corrected chi connectivity index (χ3v) is 3.66. The molecule has 2 rings (SSSR count). The zero-order valence-electron chi connectivity index (χ0n) is 11.0. The minimum atomic E-state index is -0.00675. The summed E-state index contributed by atoms with van der Waals surface area (Å²) in [4.78, 5) is 10.5. The third-order valence-electron chi connectivity index (χ3n) is 2.72. The smallest absolute Gasteiger partial charge is 0.223 e. The number of thiophene rings is 1. The molecule has 0 bridgehead atoms. The van der Waals surface area contributed by atoms with E-state index < -0.39 is 0 Å². The Morgan fingerprint density at radius 1 is 1.53 bits per heavy atom. The number of aryl methyl sites for hydroxylation is 1. The summed E-state index contributed by atoms with van der Waals surface area (Å²) in [6, 6.07) is 2.03. The van der Waals surface area contributed by atoms with Crippen LogP contribution in [0.4, 0.5) is 11.8 Å². The Morgan fingerprint density at radius 2 is 2.32 bits per heavy atom. The van der Waals surface area contributed by atoms with Crippen molar-refractivity contribution in [1.29, 1.82) is 0 Å². The van der Waals surface area contributed by atoms with Crippen LogP contribution >= 0.6 is 11.3 Å². The number of hydrogen-bond acceptors (Lipinski definition) is 7. The molecule has 104 valence electrons. The van der Waals surface area contributed by atoms with Gasteiger partial charge in [0.1, 0.15) is 10.6 Å². The fraction of sp³-hybridized carbons (Fsp3) is 0.500. The lowest BCUT2D eigenvalue weighted by molar-refractivity contribution is 0.170. The monoisotopic (exact) mass is 282 g/mol. The van der Waals surface area contributed by atoms with Crippen LogP contribution in [0.5, 0.6) is 0 Å². The van der Waals surface area contributed by atoms with Crippen LogP contribution in [0.2, 0.25) is 0 Å². The number of nitrogens with zero attached hydrogens (tertiary/aromatic N) is 2. The first-order valence-corrected chi connectivity index (χ1v) is 6.85. The highest BCUT2D eigenvalue weighted by Crippen LogP contribution is 2.29. The van der Waals surface area contributed by atoms with Gasteiger partial charge in [0.25, 0.3) is 0 Å². The normalized spacial score (nSPS) is 12.8. The molecular formula is C12H18N4O2S. The molecule has 0 aliphatic rings. The molecule has 0 saturated carbocycles. The molecule has 1 atom stereocenters. The van der Waals surface area contributed by atoms with Crippen molar-refractivity contribution in [2.24, 2.45) is 0 Å². The van der Waals surface area contributed by atoms with E-state index in [0.717, 1.165) is 15.1 Å². The molecule has 19 heavy (non-hydrogen) atoms. The molecule has 6 nitrogen and oxygen atoms in total. The summed E-state index contributed by atoms with van der Waals surface area (Å²) in [7, 11) is 1.63. The third kappa shape index (κ3) is 3.31. The van der Waals surface area contributed by atoms with E-state index in [2.05, 4.69) is 15.3 Å². The van der Waals surface area contributed by atoms with Crippen LogP contribution in [0.1, 0.15) is 11.3 Å². The minimum Gasteiger partial charge on any atom is -0.396 e. The van der Waals surface area contributed by atoms with Gasteiger partial charge in [-0.1, -0.05) is 0 Å². The van der Waals surface area contributed by atoms with E-state index in [1.807, 2.05) is 13.0 Å². The van der Waals surface area contributed by atoms with Crippen molar-refractivity contribution in [2.45, 2.75) is 19.4 Å². The SMILES string of the molecule is COCC(CCO)Nc1nc(N)nc2sc(C)cc12. The van der Waals surface area contributed by atoms with Crippen LogP contribution in [0, 0.1) is 6.92 Å². The molecule has 7 heteroatoms. The average molecular weight is 282 g/mol. The molecule has 1 unspecified atom stereocenters. The number of methoxy groups -OCH3 is 1. The molecule has 0 saturated heterocycles. The Bertz CT molecular complexity index is 552. The summed E-state index contributed by atoms with van der Waals surface area (Å²) < 4.78 is 5.13. The maximum atomic E-state index is 9.06. The predicted octanol–water partition coefficient (Wildman–Crippen LogP) is 1.39. The summed E-state index contributed by atoms with van der Waals surface area (Å²) in [6.45, 7) is 2.61. The molecule has 0 aromatic carbocycles. The van der Waals surface area contributed by atoms with Crippen LogP contribution in [-0.2, 0) is 4.74 Å². The predicted molar refractivity (Wildman–Crippen MR) is 77.6 cm³/mol. The lowest BCUT2D eigenvalue weighted by atomic mass is 10.2. The van der Waals surface area contributed by atoms with Gasteiger partial charge in [0.05, 0.1) is 18.0 Å². The number of ether oxygens (including phenoxy) is 1. The van der Waals surface area contributed by atoms with Crippen molar-refractivity contribution in [1.82, 2.24) is 9.97 Å². The van der Waals surface area contributed by atoms with Gasteiger partial charge in [-0.2, -0.15) is 4.98 Å². The molecule has 0 spiro atoms. The second-order valence-electron chi connectivity index (χ2n) is 4.32. The lowest BCUT2D eigenvalue weighted by Gasteiger charge is -2.18. The number of anilines is 2. The largest absolute Gasteiger partial charge is 0.396 e. The average Bonchev–Trinajstić information content (AvgIpc) is 2.70. The van der Waals surface area contributed by atoms with Gasteiger partial charge in [0, 0.05) is 18.6 Å². The van der Waals surface area contributed by atoms with Crippen molar-refractivity contribution in [3.8, 4) is 0 Å². The van der Waals surface area contributed by atoms with Gasteiger partial charge < -0.3 is 20.9 Å². The topological polar surface area (TPSA) is 93.3 Å². The second kappa shape index (κ2) is 6.14. The van der Waals surface area contributed by atoms with E-state index in [4.69, 9.17) is 15.6 Å². The van der Waals surface area contributed by atoms with E-state index in [1.54, 1.807) is 18.4 Å². The molecule has 0 fully saturated rings. The second-order valence-corrected chi connectivity index (χ2v) is 5.55. The highest BCUT2D eigenvalue weighted by Gasteiger charge is 2.14. The van der Waals surface area contributed by atoms with Crippen LogP contribution in [0.15, 0.2) is 6.07 Å². The summed E-state index contributed by atoms with van der Waals surface area (Å²) in [5.41, 5.74) is 5.72. The van der Waals surface area contributed by atoms with E-state index in [9.17, 15) is 0 Å². The molecular weight excluding hydrogens is 264 g/mol. The molecule has 0 aliphatic heterocycles. The summed E-state index contributed by atoms with van der Waals surface area (Å²) in [5, 5.41) is 13.3. The highest BCUT2D eigenvalue weighted by atomic mass is 32.1. The van der Waals surface area contributed by atoms with Gasteiger partial charge in [0.2, 0.25) is 5.95 Å². The maximum absolute atomic E-state index is 9.06. The van der Waals surface area contributed by atoms with Gasteiger partial charge in [-0.3, -0.25) is 0 Å². The van der Waals surface area contributed by atoms with Crippen molar-refractivity contribution in [3.63, 3.8) is 0 Å². The summed E-state index contributed by atoms with van der Waals surface area (Å²) in [6.07, 6.45) is 0.586. The Balaban J connectivity index is 2.32. The number of aliphatic hydroxyl groups excluding tert-OH is 1. The Hall–Kier alpha value is -1.44. The summed E-state index contributed by atoms with van der Waals surface area (Å²) in [5.74, 6) is 0.944. The Kier molecular flexibility index (Phi) is 4.52. The fourth-order valence-electron chi connectivity index (χ4n) is 1.92. The van der Waals surface area contributed by atoms with Gasteiger partial charge in [-0.15, -0.1) is 11.3 Å². The number of aromatic nitrogens is 2. The van der Waals surface area contributed by atoms with Crippen molar-refractivity contribution in [3.05, 3.63) is 10.9 Å². The van der Waals surface area contributed by atoms with Crippen LogP contribution in [-0.4, -0.2) is 41.4 Å². The van der Waals surface area contributed by atoms with E-state index in [0.29, 0.717) is 18.8 Å². The minimum absolute atomic E-state index is 0.00675. The first-order valence-electron chi connectivity index (χ1n) is 6.04. The van der Waals surface area contributed by atoms with Gasteiger partial charge in [-0.25, -0.2) is 4.98 Å². The Labute approximate surface area is 115 Å². The number of fused-ring (bicyclic) bond motifs is 1. The van der Waals surface area contributed by atoms with Gasteiger partial charge in [0.15, 0.2) is 0 Å². The molecule has 2 aromatic rings. The molecule has 0 radical (unpaired) electrons. The van der Waals surface area contributed by atoms with Crippen molar-refractivity contribution in [2.75, 3.05) is 31.4 Å². The van der Waals surface area contributed by atoms with Gasteiger partial charge >= 0.3 is 0 Å². The zero-order valence-corrected chi connectivity index (χ0v) is 11.8. The quantitative estimate of drug-likeness (QED) is 0.741. The van der Waals surface area contributed by atoms with E-state index in [1.165, 1.54) is 0 Å². The Morgan fingerprint density at radius 3 is 3.00 bits per heavy atom. The van der Waals surface area contributed by atoms with Gasteiger partial charge in [-0.05, 0) is 19.4 Å². The number of nitrogen functional groups attached to an aromatic ring is 1. The molecule has 2 aromatic heterocycles. The van der Waals surface area contributed by atoms with Crippen LogP contribution < -0.4 is 11.1 Å². The number of aliphatic hydroxyl groups is 1. The standard InChI is InChI=1S/C12H18N4O2S/c1-7-5-9-10(14-8(3-4-17)6-18-2)15-12(13)16-11(9)19-7/h5,8,17H,3-4,6H2,1-2H3,(H3,13,14,15,16). The number of hydrogen-bond donors (Lipinski definition) is 3. The zero-order chi connectivity index (χ0) is 13.8. The molecule has 2 heterocycles. The first-order chi connectivity index (χ1) is 9.13. The number of nitrogens with one attached hydrogen (secondary N) is 1. The fourth-order valence-corrected chi connectivity index (χ4v) is 2.80. The summed E-state index contributed by atoms with van der Waals surface area (Å²) >= 11 is 1.58. The van der Waals surface area contributed by atoms with Crippen molar-refractivity contribution < 1.29 is 9.84 Å². The van der Waals surface area contributed by atoms with E-state index in [-0.39, 0.29) is 18.6 Å². The highest BCUT2D eigenvalue weighted by molar-refractivity contribution is 7.18. The van der Waals surface area contributed by atoms with Crippen LogP contribution in [0.3, 0.4) is 0 Å². The molecule has 0 aliphatic carbocycles. The van der Waals surface area contributed by atoms with Crippen LogP contribution in [0.25, 0.3) is 10.2 Å². The molecule has 4 N–H and O–H groups in total.